The maximum Gasteiger partial charge on any atom is 0.263 e. The first-order valence-electron chi connectivity index (χ1n) is 5.65. The molecule has 2 heterocycles. The van der Waals surface area contributed by atoms with E-state index < -0.39 is 0 Å². The van der Waals surface area contributed by atoms with Crippen LogP contribution in [0.5, 0.6) is 0 Å². The lowest BCUT2D eigenvalue weighted by atomic mass is 10.0. The molecule has 0 aromatic carbocycles. The third kappa shape index (κ3) is 3.60. The summed E-state index contributed by atoms with van der Waals surface area (Å²) in [6.07, 6.45) is 6.37. The molecule has 0 saturated carbocycles. The number of thioether (sulfide) groups is 2. The summed E-state index contributed by atoms with van der Waals surface area (Å²) in [5, 5.41) is 3.30. The highest BCUT2D eigenvalue weighted by molar-refractivity contribution is 8.26. The van der Waals surface area contributed by atoms with E-state index in [0.717, 1.165) is 12.3 Å². The van der Waals surface area contributed by atoms with Crippen LogP contribution in [0, 0.1) is 5.92 Å². The quantitative estimate of drug-likeness (QED) is 0.590. The molecule has 2 aliphatic rings. The Labute approximate surface area is 116 Å². The second-order valence-electron chi connectivity index (χ2n) is 4.48. The number of nitrogens with one attached hydrogen (secondary N) is 1. The van der Waals surface area contributed by atoms with Crippen molar-refractivity contribution in [2.75, 3.05) is 0 Å². The summed E-state index contributed by atoms with van der Waals surface area (Å²) in [7, 11) is 0. The van der Waals surface area contributed by atoms with Crippen LogP contribution in [0.1, 0.15) is 26.7 Å². The molecule has 2 aliphatic heterocycles. The van der Waals surface area contributed by atoms with Gasteiger partial charge in [0.15, 0.2) is 0 Å². The lowest BCUT2D eigenvalue weighted by Crippen LogP contribution is -2.17. The van der Waals surface area contributed by atoms with Gasteiger partial charge < -0.3 is 5.32 Å². The molecule has 2 nitrogen and oxygen atoms in total. The molecule has 2 rings (SSSR count). The van der Waals surface area contributed by atoms with Crippen molar-refractivity contribution >= 4 is 46.0 Å². The summed E-state index contributed by atoms with van der Waals surface area (Å²) in [4.78, 5) is 13.5. The van der Waals surface area contributed by atoms with Crippen LogP contribution in [0.4, 0.5) is 0 Å². The Balaban J connectivity index is 2.07. The Morgan fingerprint density at radius 3 is 2.76 bits per heavy atom. The second-order valence-corrected chi connectivity index (χ2v) is 7.76. The van der Waals surface area contributed by atoms with Gasteiger partial charge in [-0.2, -0.15) is 0 Å². The molecule has 0 aromatic heterocycles. The van der Waals surface area contributed by atoms with Gasteiger partial charge in [-0.05, 0) is 29.7 Å². The number of amides is 1. The largest absolute Gasteiger partial charge is 0.307 e. The Bertz CT molecular complexity index is 402. The first kappa shape index (κ1) is 13.2. The molecule has 2 fully saturated rings. The minimum Gasteiger partial charge on any atom is -0.307 e. The average molecular weight is 285 g/mol. The Kier molecular flexibility index (Phi) is 4.33. The highest BCUT2D eigenvalue weighted by Crippen LogP contribution is 2.38. The highest BCUT2D eigenvalue weighted by Gasteiger charge is 2.22. The molecule has 0 radical (unpaired) electrons. The minimum absolute atomic E-state index is 0.0706. The van der Waals surface area contributed by atoms with Crippen LogP contribution < -0.4 is 5.32 Å². The summed E-state index contributed by atoms with van der Waals surface area (Å²) < 4.78 is 0.553. The number of hydrogen-bond donors (Lipinski definition) is 1. The van der Waals surface area contributed by atoms with Gasteiger partial charge in [0.25, 0.3) is 5.91 Å². The van der Waals surface area contributed by atoms with Crippen LogP contribution in [0.15, 0.2) is 22.0 Å². The van der Waals surface area contributed by atoms with E-state index in [0.29, 0.717) is 14.5 Å². The third-order valence-electron chi connectivity index (χ3n) is 2.70. The Morgan fingerprint density at radius 2 is 2.18 bits per heavy atom. The first-order valence-corrected chi connectivity index (χ1v) is 7.75. The fraction of sp³-hybridized carbons (Fsp3) is 0.500. The average Bonchev–Trinajstić information content (AvgIpc) is 2.53. The first-order chi connectivity index (χ1) is 8.04. The van der Waals surface area contributed by atoms with E-state index in [9.17, 15) is 4.79 Å². The molecule has 0 spiro atoms. The fourth-order valence-corrected chi connectivity index (χ4v) is 4.51. The van der Waals surface area contributed by atoms with E-state index in [2.05, 4.69) is 25.2 Å². The number of allylic oxidation sites excluding steroid dienone is 3. The van der Waals surface area contributed by atoms with Crippen LogP contribution in [0.2, 0.25) is 0 Å². The van der Waals surface area contributed by atoms with Crippen LogP contribution in [-0.2, 0) is 4.79 Å². The number of rotatable bonds is 1. The lowest BCUT2D eigenvalue weighted by molar-refractivity contribution is -0.115. The molecule has 0 aliphatic carbocycles. The van der Waals surface area contributed by atoms with Crippen LogP contribution in [0.25, 0.3) is 0 Å². The molecular weight excluding hydrogens is 270 g/mol. The number of carbonyl (C=O) groups is 1. The number of hydrogen-bond acceptors (Lipinski definition) is 4. The predicted molar refractivity (Wildman–Crippen MR) is 79.9 cm³/mol. The van der Waals surface area contributed by atoms with E-state index in [1.807, 2.05) is 17.8 Å². The van der Waals surface area contributed by atoms with Crippen molar-refractivity contribution in [1.29, 1.82) is 0 Å². The SMILES string of the molecule is CC1C/C(=C/C=C2/SC(=S)NC2=O)SC(C)C1. The fourth-order valence-electron chi connectivity index (χ4n) is 2.06. The molecular formula is C12H15NOS3. The topological polar surface area (TPSA) is 29.1 Å². The summed E-state index contributed by atoms with van der Waals surface area (Å²) in [6, 6.07) is 0. The van der Waals surface area contributed by atoms with Gasteiger partial charge in [0.2, 0.25) is 0 Å². The normalized spacial score (nSPS) is 34.5. The third-order valence-corrected chi connectivity index (χ3v) is 5.08. The zero-order valence-electron chi connectivity index (χ0n) is 9.86. The molecule has 2 unspecified atom stereocenters. The van der Waals surface area contributed by atoms with E-state index in [1.54, 1.807) is 0 Å². The van der Waals surface area contributed by atoms with Crippen LogP contribution in [-0.4, -0.2) is 15.5 Å². The van der Waals surface area contributed by atoms with Crippen molar-refractivity contribution in [2.24, 2.45) is 5.92 Å². The number of thiocarbonyl (C=S) groups is 1. The molecule has 2 atom stereocenters. The van der Waals surface area contributed by atoms with Crippen molar-refractivity contribution < 1.29 is 4.79 Å². The van der Waals surface area contributed by atoms with Gasteiger partial charge in [-0.1, -0.05) is 43.9 Å². The maximum atomic E-state index is 11.5. The van der Waals surface area contributed by atoms with Crippen molar-refractivity contribution in [1.82, 2.24) is 5.32 Å². The molecule has 92 valence electrons. The predicted octanol–water partition coefficient (Wildman–Crippen LogP) is 3.45. The Morgan fingerprint density at radius 1 is 1.41 bits per heavy atom. The van der Waals surface area contributed by atoms with Gasteiger partial charge in [0.05, 0.1) is 4.91 Å². The van der Waals surface area contributed by atoms with Gasteiger partial charge >= 0.3 is 0 Å². The molecule has 1 amide bonds. The lowest BCUT2D eigenvalue weighted by Gasteiger charge is -2.25. The van der Waals surface area contributed by atoms with Crippen molar-refractivity contribution in [2.45, 2.75) is 31.9 Å². The van der Waals surface area contributed by atoms with E-state index in [4.69, 9.17) is 12.2 Å². The summed E-state index contributed by atoms with van der Waals surface area (Å²) in [5.74, 6) is 0.667. The van der Waals surface area contributed by atoms with Crippen LogP contribution >= 0.6 is 35.7 Å². The second kappa shape index (κ2) is 5.59. The zero-order chi connectivity index (χ0) is 12.4. The van der Waals surface area contributed by atoms with Gasteiger partial charge in [-0.3, -0.25) is 4.79 Å². The van der Waals surface area contributed by atoms with E-state index >= 15 is 0 Å². The smallest absolute Gasteiger partial charge is 0.263 e. The van der Waals surface area contributed by atoms with Gasteiger partial charge in [0, 0.05) is 5.25 Å². The van der Waals surface area contributed by atoms with Gasteiger partial charge in [-0.25, -0.2) is 0 Å². The maximum absolute atomic E-state index is 11.5. The molecule has 17 heavy (non-hydrogen) atoms. The molecule has 1 N–H and O–H groups in total. The molecule has 2 saturated heterocycles. The van der Waals surface area contributed by atoms with Crippen molar-refractivity contribution in [3.05, 3.63) is 22.0 Å². The van der Waals surface area contributed by atoms with Gasteiger partial charge in [0.1, 0.15) is 4.32 Å². The Hall–Kier alpha value is -0.260. The standard InChI is InChI=1S/C12H15NOS3/c1-7-5-8(2)16-9(6-7)3-4-10-11(14)13-12(15)17-10/h3-4,7-8H,5-6H2,1-2H3,(H,13,14,15)/b9-3-,10-4+. The molecule has 0 aromatic rings. The summed E-state index contributed by atoms with van der Waals surface area (Å²) >= 11 is 8.21. The van der Waals surface area contributed by atoms with Crippen molar-refractivity contribution in [3.8, 4) is 0 Å². The minimum atomic E-state index is -0.0706. The molecule has 5 heteroatoms. The van der Waals surface area contributed by atoms with Gasteiger partial charge in [-0.15, -0.1) is 11.8 Å². The van der Waals surface area contributed by atoms with Crippen LogP contribution in [0.3, 0.4) is 0 Å². The van der Waals surface area contributed by atoms with E-state index in [-0.39, 0.29) is 5.91 Å². The summed E-state index contributed by atoms with van der Waals surface area (Å²) in [5.41, 5.74) is 0. The van der Waals surface area contributed by atoms with E-state index in [1.165, 1.54) is 23.1 Å². The molecule has 0 bridgehead atoms. The summed E-state index contributed by atoms with van der Waals surface area (Å²) in [6.45, 7) is 4.54. The highest BCUT2D eigenvalue weighted by atomic mass is 32.2. The van der Waals surface area contributed by atoms with Crippen molar-refractivity contribution in [3.63, 3.8) is 0 Å². The monoisotopic (exact) mass is 285 g/mol. The zero-order valence-corrected chi connectivity index (χ0v) is 12.3. The number of carbonyl (C=O) groups excluding carboxylic acids is 1.